The molecule has 0 bridgehead atoms. The highest BCUT2D eigenvalue weighted by atomic mass is 19.1. The molecular weight excluding hydrogens is 205 g/mol. The number of hydrogen-bond donors (Lipinski definition) is 0. The molecule has 0 saturated heterocycles. The molecule has 1 atom stereocenters. The number of allylic oxidation sites excluding steroid dienone is 6. The summed E-state index contributed by atoms with van der Waals surface area (Å²) in [5.74, 6) is 0.849. The highest BCUT2D eigenvalue weighted by Gasteiger charge is 2.09. The first-order chi connectivity index (χ1) is 7.67. The van der Waals surface area contributed by atoms with E-state index >= 15 is 0 Å². The minimum Gasteiger partial charge on any atom is -0.501 e. The van der Waals surface area contributed by atoms with Crippen LogP contribution in [-0.4, -0.2) is 26.5 Å². The molecule has 1 rings (SSSR count). The Morgan fingerprint density at radius 3 is 2.94 bits per heavy atom. The van der Waals surface area contributed by atoms with Crippen LogP contribution < -0.4 is 0 Å². The van der Waals surface area contributed by atoms with E-state index in [0.29, 0.717) is 6.42 Å². The zero-order valence-corrected chi connectivity index (χ0v) is 10.0. The number of ether oxygens (including phenoxy) is 1. The molecule has 0 heterocycles. The Kier molecular flexibility index (Phi) is 4.96. The summed E-state index contributed by atoms with van der Waals surface area (Å²) in [7, 11) is 3.37. The van der Waals surface area contributed by atoms with E-state index < -0.39 is 6.17 Å². The van der Waals surface area contributed by atoms with Gasteiger partial charge < -0.3 is 4.74 Å². The smallest absolute Gasteiger partial charge is 0.122 e. The van der Waals surface area contributed by atoms with Crippen LogP contribution in [0.4, 0.5) is 4.39 Å². The summed E-state index contributed by atoms with van der Waals surface area (Å²) in [6.45, 7) is 1.90. The summed E-state index contributed by atoms with van der Waals surface area (Å²) < 4.78 is 18.1. The lowest BCUT2D eigenvalue weighted by molar-refractivity contribution is 0.290. The molecule has 1 aliphatic rings. The van der Waals surface area contributed by atoms with Crippen LogP contribution in [0.5, 0.6) is 0 Å². The fourth-order valence-electron chi connectivity index (χ4n) is 1.54. The molecule has 0 aromatic heterocycles. The lowest BCUT2D eigenvalue weighted by Gasteiger charge is -2.11. The van der Waals surface area contributed by atoms with Crippen molar-refractivity contribution in [1.29, 1.82) is 0 Å². The zero-order valence-electron chi connectivity index (χ0n) is 10.0. The standard InChI is InChI=1S/C13H18FNO/c1-10(16-3)12(9-15-2)8-11-4-6-13(14)7-5-11/h4-6,9,13H,7-8H2,1-3H3. The summed E-state index contributed by atoms with van der Waals surface area (Å²) in [5.41, 5.74) is 2.14. The van der Waals surface area contributed by atoms with Gasteiger partial charge in [0.1, 0.15) is 6.17 Å². The number of alkyl halides is 1. The van der Waals surface area contributed by atoms with Gasteiger partial charge in [-0.25, -0.2) is 4.39 Å². The molecule has 0 N–H and O–H groups in total. The molecule has 88 valence electrons. The summed E-state index contributed by atoms with van der Waals surface area (Å²) in [6.07, 6.45) is 7.51. The van der Waals surface area contributed by atoms with E-state index in [4.69, 9.17) is 4.74 Å². The molecule has 0 spiro atoms. The first-order valence-electron chi connectivity index (χ1n) is 5.34. The predicted molar refractivity (Wildman–Crippen MR) is 65.5 cm³/mol. The molecule has 0 saturated carbocycles. The van der Waals surface area contributed by atoms with Crippen molar-refractivity contribution in [2.75, 3.05) is 14.2 Å². The second kappa shape index (κ2) is 6.26. The molecule has 0 fully saturated rings. The molecule has 2 nitrogen and oxygen atoms in total. The second-order valence-corrected chi connectivity index (χ2v) is 3.74. The maximum absolute atomic E-state index is 12.9. The third kappa shape index (κ3) is 3.65. The van der Waals surface area contributed by atoms with E-state index in [1.807, 2.05) is 19.1 Å². The van der Waals surface area contributed by atoms with E-state index in [9.17, 15) is 4.39 Å². The molecule has 0 aromatic carbocycles. The fourth-order valence-corrected chi connectivity index (χ4v) is 1.54. The van der Waals surface area contributed by atoms with Crippen LogP contribution in [0, 0.1) is 0 Å². The van der Waals surface area contributed by atoms with Crippen LogP contribution in [0.25, 0.3) is 0 Å². The van der Waals surface area contributed by atoms with Gasteiger partial charge in [0.15, 0.2) is 0 Å². The highest BCUT2D eigenvalue weighted by molar-refractivity contribution is 5.79. The maximum atomic E-state index is 12.9. The molecular formula is C13H18FNO. The van der Waals surface area contributed by atoms with Crippen molar-refractivity contribution < 1.29 is 9.13 Å². The molecule has 0 aromatic rings. The Morgan fingerprint density at radius 1 is 1.69 bits per heavy atom. The summed E-state index contributed by atoms with van der Waals surface area (Å²) >= 11 is 0. The molecule has 1 unspecified atom stereocenters. The third-order valence-corrected chi connectivity index (χ3v) is 2.56. The third-order valence-electron chi connectivity index (χ3n) is 2.56. The van der Waals surface area contributed by atoms with Gasteiger partial charge in [-0.1, -0.05) is 18.2 Å². The van der Waals surface area contributed by atoms with Crippen molar-refractivity contribution in [2.45, 2.75) is 25.9 Å². The van der Waals surface area contributed by atoms with Gasteiger partial charge in [-0.2, -0.15) is 0 Å². The second-order valence-electron chi connectivity index (χ2n) is 3.74. The molecule has 3 heteroatoms. The van der Waals surface area contributed by atoms with Crippen molar-refractivity contribution >= 4 is 6.21 Å². The van der Waals surface area contributed by atoms with Crippen molar-refractivity contribution in [1.82, 2.24) is 0 Å². The summed E-state index contributed by atoms with van der Waals surface area (Å²) in [4.78, 5) is 4.00. The van der Waals surface area contributed by atoms with Gasteiger partial charge in [-0.05, 0) is 12.5 Å². The van der Waals surface area contributed by atoms with Crippen LogP contribution in [0.1, 0.15) is 19.8 Å². The Labute approximate surface area is 96.2 Å². The van der Waals surface area contributed by atoms with Crippen LogP contribution in [0.2, 0.25) is 0 Å². The fraction of sp³-hybridized carbons (Fsp3) is 0.462. The summed E-state index contributed by atoms with van der Waals surface area (Å²) in [5, 5.41) is 0. The number of methoxy groups -OCH3 is 1. The van der Waals surface area contributed by atoms with Gasteiger partial charge in [0.25, 0.3) is 0 Å². The van der Waals surface area contributed by atoms with Crippen molar-refractivity contribution in [3.05, 3.63) is 35.1 Å². The lowest BCUT2D eigenvalue weighted by atomic mass is 9.99. The average Bonchev–Trinajstić information content (AvgIpc) is 2.30. The number of halogens is 1. The van der Waals surface area contributed by atoms with Crippen LogP contribution in [0.15, 0.2) is 40.1 Å². The van der Waals surface area contributed by atoms with E-state index in [1.54, 1.807) is 26.4 Å². The monoisotopic (exact) mass is 223 g/mol. The normalized spacial score (nSPS) is 22.0. The molecule has 0 aliphatic heterocycles. The Balaban J connectivity index is 2.75. The lowest BCUT2D eigenvalue weighted by Crippen LogP contribution is -2.01. The SMILES string of the molecule is CN=CC(CC1=CCC(F)C=C1)=C(C)OC. The zero-order chi connectivity index (χ0) is 12.0. The molecule has 0 amide bonds. The Bertz CT molecular complexity index is 353. The van der Waals surface area contributed by atoms with Crippen LogP contribution in [-0.2, 0) is 4.74 Å². The number of aliphatic imine (C=N–C) groups is 1. The predicted octanol–water partition coefficient (Wildman–Crippen LogP) is 3.22. The largest absolute Gasteiger partial charge is 0.501 e. The minimum atomic E-state index is -0.834. The van der Waals surface area contributed by atoms with E-state index in [2.05, 4.69) is 4.99 Å². The van der Waals surface area contributed by atoms with E-state index in [0.717, 1.165) is 23.3 Å². The number of nitrogens with zero attached hydrogens (tertiary/aromatic N) is 1. The van der Waals surface area contributed by atoms with Crippen LogP contribution >= 0.6 is 0 Å². The quantitative estimate of drug-likeness (QED) is 0.529. The van der Waals surface area contributed by atoms with Gasteiger partial charge >= 0.3 is 0 Å². The van der Waals surface area contributed by atoms with Crippen molar-refractivity contribution in [2.24, 2.45) is 4.99 Å². The molecule has 1 aliphatic carbocycles. The van der Waals surface area contributed by atoms with Gasteiger partial charge in [0.05, 0.1) is 12.9 Å². The molecule has 16 heavy (non-hydrogen) atoms. The van der Waals surface area contributed by atoms with E-state index in [-0.39, 0.29) is 0 Å². The summed E-state index contributed by atoms with van der Waals surface area (Å²) in [6, 6.07) is 0. The van der Waals surface area contributed by atoms with Crippen molar-refractivity contribution in [3.8, 4) is 0 Å². The number of rotatable bonds is 4. The average molecular weight is 223 g/mol. The highest BCUT2D eigenvalue weighted by Crippen LogP contribution is 2.20. The maximum Gasteiger partial charge on any atom is 0.122 e. The van der Waals surface area contributed by atoms with Gasteiger partial charge in [0, 0.05) is 31.7 Å². The van der Waals surface area contributed by atoms with Crippen LogP contribution in [0.3, 0.4) is 0 Å². The number of hydrogen-bond acceptors (Lipinski definition) is 2. The van der Waals surface area contributed by atoms with Crippen molar-refractivity contribution in [3.63, 3.8) is 0 Å². The minimum absolute atomic E-state index is 0.467. The first kappa shape index (κ1) is 12.7. The topological polar surface area (TPSA) is 21.6 Å². The van der Waals surface area contributed by atoms with E-state index in [1.165, 1.54) is 0 Å². The molecule has 0 radical (unpaired) electrons. The van der Waals surface area contributed by atoms with Gasteiger partial charge in [-0.15, -0.1) is 0 Å². The first-order valence-corrected chi connectivity index (χ1v) is 5.34. The van der Waals surface area contributed by atoms with Gasteiger partial charge in [0.2, 0.25) is 0 Å². The Hall–Kier alpha value is -1.38. The van der Waals surface area contributed by atoms with Gasteiger partial charge in [-0.3, -0.25) is 4.99 Å². The Morgan fingerprint density at radius 2 is 2.44 bits per heavy atom.